The van der Waals surface area contributed by atoms with Gasteiger partial charge in [0.1, 0.15) is 6.04 Å². The van der Waals surface area contributed by atoms with Crippen LogP contribution in [-0.2, 0) is 21.2 Å². The molecule has 7 nitrogen and oxygen atoms in total. The van der Waals surface area contributed by atoms with Crippen molar-refractivity contribution in [3.63, 3.8) is 0 Å². The second-order valence-corrected chi connectivity index (χ2v) is 11.5. The molecule has 2 aliphatic rings. The van der Waals surface area contributed by atoms with E-state index in [0.717, 1.165) is 59.8 Å². The second kappa shape index (κ2) is 8.83. The van der Waals surface area contributed by atoms with Gasteiger partial charge in [-0.05, 0) is 86.6 Å². The molecule has 0 bridgehead atoms. The number of amides is 1. The number of hydrogen-bond acceptors (Lipinski definition) is 4. The van der Waals surface area contributed by atoms with E-state index in [1.54, 1.807) is 16.4 Å². The van der Waals surface area contributed by atoms with E-state index in [1.807, 2.05) is 48.9 Å². The molecule has 1 saturated heterocycles. The Morgan fingerprint density at radius 2 is 1.88 bits per heavy atom. The molecule has 2 aromatic carbocycles. The minimum atomic E-state index is -3.51. The van der Waals surface area contributed by atoms with Crippen LogP contribution in [0.3, 0.4) is 0 Å². The van der Waals surface area contributed by atoms with Gasteiger partial charge in [0.25, 0.3) is 0 Å². The highest BCUT2D eigenvalue weighted by Gasteiger charge is 2.27. The molecule has 2 atom stereocenters. The van der Waals surface area contributed by atoms with Gasteiger partial charge in [0, 0.05) is 41.9 Å². The summed E-state index contributed by atoms with van der Waals surface area (Å²) in [6.07, 6.45) is 6.72. The van der Waals surface area contributed by atoms with Gasteiger partial charge in [0.2, 0.25) is 15.9 Å². The molecule has 1 aromatic heterocycles. The first-order valence-electron chi connectivity index (χ1n) is 12.1. The Morgan fingerprint density at radius 3 is 2.65 bits per heavy atom. The van der Waals surface area contributed by atoms with Crippen molar-refractivity contribution in [1.82, 2.24) is 8.87 Å². The zero-order valence-corrected chi connectivity index (χ0v) is 20.6. The molecule has 2 unspecified atom stereocenters. The molecule has 180 valence electrons. The van der Waals surface area contributed by atoms with Crippen LogP contribution < -0.4 is 11.1 Å². The van der Waals surface area contributed by atoms with Crippen molar-refractivity contribution in [1.29, 1.82) is 0 Å². The Kier molecular flexibility index (Phi) is 6.00. The van der Waals surface area contributed by atoms with Gasteiger partial charge in [-0.25, -0.2) is 8.42 Å². The number of aryl methyl sites for hydroxylation is 2. The number of hydrogen-bond donors (Lipinski definition) is 2. The Morgan fingerprint density at radius 1 is 1.12 bits per heavy atom. The minimum Gasteiger partial charge on any atom is -0.335 e. The number of nitrogens with two attached hydrogens (primary N) is 1. The zero-order chi connectivity index (χ0) is 24.0. The summed E-state index contributed by atoms with van der Waals surface area (Å²) in [6.45, 7) is 4.95. The molecule has 5 rings (SSSR count). The Bertz CT molecular complexity index is 1360. The van der Waals surface area contributed by atoms with Gasteiger partial charge in [-0.3, -0.25) is 4.79 Å². The molecule has 2 heterocycles. The summed E-state index contributed by atoms with van der Waals surface area (Å²) in [4.78, 5) is 13.4. The summed E-state index contributed by atoms with van der Waals surface area (Å²) in [5, 5.41) is 3.87. The van der Waals surface area contributed by atoms with Crippen LogP contribution in [0.25, 0.3) is 10.9 Å². The first-order chi connectivity index (χ1) is 16.3. The van der Waals surface area contributed by atoms with Gasteiger partial charge in [0.15, 0.2) is 0 Å². The molecule has 1 aliphatic heterocycles. The number of fused-ring (bicyclic) bond motifs is 2. The van der Waals surface area contributed by atoms with Crippen molar-refractivity contribution in [2.45, 2.75) is 62.9 Å². The van der Waals surface area contributed by atoms with Gasteiger partial charge in [-0.1, -0.05) is 12.5 Å². The number of benzene rings is 2. The van der Waals surface area contributed by atoms with Gasteiger partial charge in [-0.15, -0.1) is 0 Å². The number of nitrogens with one attached hydrogen (secondary N) is 1. The van der Waals surface area contributed by atoms with E-state index in [0.29, 0.717) is 18.0 Å². The summed E-state index contributed by atoms with van der Waals surface area (Å²) in [5.41, 5.74) is 11.1. The number of aromatic nitrogens is 1. The third-order valence-corrected chi connectivity index (χ3v) is 9.19. The maximum Gasteiger partial charge on any atom is 0.247 e. The molecule has 1 amide bonds. The van der Waals surface area contributed by atoms with Crippen LogP contribution in [0.2, 0.25) is 0 Å². The number of anilines is 1. The SMILES string of the molecule is Cc1cn(C(C)C(=O)Nc2ccc3c(c2)C(N)CC3)c2ccc(S(=O)(=O)N3CCCCC3)cc12. The summed E-state index contributed by atoms with van der Waals surface area (Å²) in [7, 11) is -3.51. The van der Waals surface area contributed by atoms with Crippen molar-refractivity contribution >= 4 is 32.5 Å². The van der Waals surface area contributed by atoms with Crippen molar-refractivity contribution in [2.24, 2.45) is 5.73 Å². The zero-order valence-electron chi connectivity index (χ0n) is 19.8. The van der Waals surface area contributed by atoms with E-state index in [-0.39, 0.29) is 11.9 Å². The molecule has 0 spiro atoms. The number of rotatable bonds is 5. The molecule has 0 saturated carbocycles. The maximum atomic E-state index is 13.1. The normalized spacial score (nSPS) is 19.8. The van der Waals surface area contributed by atoms with Crippen molar-refractivity contribution in [3.05, 3.63) is 59.3 Å². The van der Waals surface area contributed by atoms with Crippen LogP contribution in [0.1, 0.15) is 61.4 Å². The Labute approximate surface area is 201 Å². The summed E-state index contributed by atoms with van der Waals surface area (Å²) >= 11 is 0. The minimum absolute atomic E-state index is 0.0238. The van der Waals surface area contributed by atoms with Crippen LogP contribution in [0.4, 0.5) is 5.69 Å². The number of sulfonamides is 1. The third kappa shape index (κ3) is 4.04. The van der Waals surface area contributed by atoms with Crippen molar-refractivity contribution in [3.8, 4) is 0 Å². The van der Waals surface area contributed by atoms with E-state index < -0.39 is 16.1 Å². The van der Waals surface area contributed by atoms with Crippen LogP contribution in [0.5, 0.6) is 0 Å². The molecule has 8 heteroatoms. The lowest BCUT2D eigenvalue weighted by atomic mass is 10.1. The Hall–Kier alpha value is -2.68. The van der Waals surface area contributed by atoms with Crippen molar-refractivity contribution < 1.29 is 13.2 Å². The average Bonchev–Trinajstić information content (AvgIpc) is 3.38. The topological polar surface area (TPSA) is 97.4 Å². The number of carbonyl (C=O) groups excluding carboxylic acids is 1. The highest BCUT2D eigenvalue weighted by atomic mass is 32.2. The van der Waals surface area contributed by atoms with Gasteiger partial charge in [-0.2, -0.15) is 4.31 Å². The lowest BCUT2D eigenvalue weighted by Gasteiger charge is -2.26. The highest BCUT2D eigenvalue weighted by Crippen LogP contribution is 2.32. The fourth-order valence-electron chi connectivity index (χ4n) is 5.22. The molecule has 34 heavy (non-hydrogen) atoms. The third-order valence-electron chi connectivity index (χ3n) is 7.29. The number of piperidine rings is 1. The molecule has 1 aliphatic carbocycles. The van der Waals surface area contributed by atoms with Gasteiger partial charge in [0.05, 0.1) is 4.90 Å². The quantitative estimate of drug-likeness (QED) is 0.570. The van der Waals surface area contributed by atoms with E-state index in [9.17, 15) is 13.2 Å². The van der Waals surface area contributed by atoms with Gasteiger partial charge >= 0.3 is 0 Å². The first kappa shape index (κ1) is 23.1. The lowest BCUT2D eigenvalue weighted by molar-refractivity contribution is -0.118. The maximum absolute atomic E-state index is 13.1. The standard InChI is InChI=1S/C26H32N4O3S/c1-17-16-30(18(2)26(31)28-20-8-6-19-7-10-24(27)23(19)14-20)25-11-9-21(15-22(17)25)34(32,33)29-12-4-3-5-13-29/h6,8-9,11,14-16,18,24H,3-5,7,10,12-13,27H2,1-2H3,(H,28,31). The summed E-state index contributed by atoms with van der Waals surface area (Å²) in [6, 6.07) is 10.7. The van der Waals surface area contributed by atoms with Crippen LogP contribution >= 0.6 is 0 Å². The summed E-state index contributed by atoms with van der Waals surface area (Å²) < 4.78 is 29.8. The second-order valence-electron chi connectivity index (χ2n) is 9.59. The molecular formula is C26H32N4O3S. The summed E-state index contributed by atoms with van der Waals surface area (Å²) in [5.74, 6) is -0.131. The largest absolute Gasteiger partial charge is 0.335 e. The molecular weight excluding hydrogens is 448 g/mol. The van der Waals surface area contributed by atoms with E-state index in [2.05, 4.69) is 5.32 Å². The fourth-order valence-corrected chi connectivity index (χ4v) is 6.77. The Balaban J connectivity index is 1.40. The molecule has 3 N–H and O–H groups in total. The average molecular weight is 481 g/mol. The van der Waals surface area contributed by atoms with E-state index in [1.165, 1.54) is 5.56 Å². The fraction of sp³-hybridized carbons (Fsp3) is 0.423. The monoisotopic (exact) mass is 480 g/mol. The van der Waals surface area contributed by atoms with E-state index in [4.69, 9.17) is 5.73 Å². The molecule has 1 fully saturated rings. The van der Waals surface area contributed by atoms with E-state index >= 15 is 0 Å². The van der Waals surface area contributed by atoms with Crippen LogP contribution in [0, 0.1) is 6.92 Å². The number of nitrogens with zero attached hydrogens (tertiary/aromatic N) is 2. The lowest BCUT2D eigenvalue weighted by Crippen LogP contribution is -2.35. The predicted octanol–water partition coefficient (Wildman–Crippen LogP) is 4.27. The highest BCUT2D eigenvalue weighted by molar-refractivity contribution is 7.89. The van der Waals surface area contributed by atoms with Crippen LogP contribution in [-0.4, -0.2) is 36.3 Å². The van der Waals surface area contributed by atoms with Crippen LogP contribution in [0.15, 0.2) is 47.5 Å². The molecule has 0 radical (unpaired) electrons. The van der Waals surface area contributed by atoms with Gasteiger partial charge < -0.3 is 15.6 Å². The van der Waals surface area contributed by atoms with Crippen molar-refractivity contribution in [2.75, 3.05) is 18.4 Å². The number of carbonyl (C=O) groups is 1. The molecule has 3 aromatic rings. The predicted molar refractivity (Wildman–Crippen MR) is 134 cm³/mol. The smallest absolute Gasteiger partial charge is 0.247 e. The first-order valence-corrected chi connectivity index (χ1v) is 13.5.